The van der Waals surface area contributed by atoms with Crippen LogP contribution in [0.2, 0.25) is 0 Å². The number of aryl methyl sites for hydroxylation is 2. The van der Waals surface area contributed by atoms with Gasteiger partial charge in [0.25, 0.3) is 0 Å². The summed E-state index contributed by atoms with van der Waals surface area (Å²) < 4.78 is 23.8. The second kappa shape index (κ2) is 4.35. The number of hydrogen-bond donors (Lipinski definition) is 0. The second-order valence-corrected chi connectivity index (χ2v) is 3.47. The van der Waals surface area contributed by atoms with E-state index in [1.807, 2.05) is 13.8 Å². The van der Waals surface area contributed by atoms with E-state index in [2.05, 4.69) is 4.98 Å². The SMILES string of the molecule is Cc1nc(COc2ccccc2F)oc1C. The first kappa shape index (κ1) is 10.7. The normalized spacial score (nSPS) is 10.4. The Morgan fingerprint density at radius 1 is 1.31 bits per heavy atom. The third-order valence-corrected chi connectivity index (χ3v) is 2.26. The molecule has 0 bridgehead atoms. The number of aromatic nitrogens is 1. The quantitative estimate of drug-likeness (QED) is 0.799. The van der Waals surface area contributed by atoms with Gasteiger partial charge in [-0.05, 0) is 26.0 Å². The van der Waals surface area contributed by atoms with Crippen molar-refractivity contribution in [2.75, 3.05) is 0 Å². The summed E-state index contributed by atoms with van der Waals surface area (Å²) >= 11 is 0. The van der Waals surface area contributed by atoms with E-state index in [9.17, 15) is 4.39 Å². The Balaban J connectivity index is 2.05. The van der Waals surface area contributed by atoms with E-state index in [-0.39, 0.29) is 18.2 Å². The Labute approximate surface area is 92.9 Å². The highest BCUT2D eigenvalue weighted by Gasteiger charge is 2.07. The monoisotopic (exact) mass is 221 g/mol. The predicted molar refractivity (Wildman–Crippen MR) is 56.7 cm³/mol. The van der Waals surface area contributed by atoms with E-state index in [1.54, 1.807) is 18.2 Å². The number of para-hydroxylation sites is 1. The Kier molecular flexibility index (Phi) is 2.90. The summed E-state index contributed by atoms with van der Waals surface area (Å²) in [6, 6.07) is 6.24. The molecule has 1 heterocycles. The highest BCUT2D eigenvalue weighted by molar-refractivity contribution is 5.23. The summed E-state index contributed by atoms with van der Waals surface area (Å²) in [7, 11) is 0. The van der Waals surface area contributed by atoms with Gasteiger partial charge < -0.3 is 9.15 Å². The lowest BCUT2D eigenvalue weighted by atomic mass is 10.3. The van der Waals surface area contributed by atoms with Crippen molar-refractivity contribution in [1.82, 2.24) is 4.98 Å². The van der Waals surface area contributed by atoms with Crippen molar-refractivity contribution in [3.05, 3.63) is 47.4 Å². The maximum absolute atomic E-state index is 13.2. The van der Waals surface area contributed by atoms with E-state index in [0.29, 0.717) is 5.89 Å². The topological polar surface area (TPSA) is 35.3 Å². The van der Waals surface area contributed by atoms with Crippen molar-refractivity contribution >= 4 is 0 Å². The van der Waals surface area contributed by atoms with Gasteiger partial charge in [-0.25, -0.2) is 9.37 Å². The fraction of sp³-hybridized carbons (Fsp3) is 0.250. The van der Waals surface area contributed by atoms with Crippen LogP contribution in [0.25, 0.3) is 0 Å². The fourth-order valence-electron chi connectivity index (χ4n) is 1.30. The maximum atomic E-state index is 13.2. The average molecular weight is 221 g/mol. The van der Waals surface area contributed by atoms with Crippen LogP contribution in [0.4, 0.5) is 4.39 Å². The van der Waals surface area contributed by atoms with Gasteiger partial charge in [-0.2, -0.15) is 0 Å². The molecule has 84 valence electrons. The van der Waals surface area contributed by atoms with E-state index in [4.69, 9.17) is 9.15 Å². The minimum absolute atomic E-state index is 0.135. The molecule has 3 nitrogen and oxygen atoms in total. The number of oxazole rings is 1. The zero-order chi connectivity index (χ0) is 11.5. The zero-order valence-electron chi connectivity index (χ0n) is 9.16. The van der Waals surface area contributed by atoms with Gasteiger partial charge in [0.1, 0.15) is 5.76 Å². The molecule has 0 unspecified atom stereocenters. The molecule has 1 aromatic heterocycles. The molecule has 4 heteroatoms. The minimum Gasteiger partial charge on any atom is -0.481 e. The lowest BCUT2D eigenvalue weighted by Gasteiger charge is -2.03. The first-order valence-corrected chi connectivity index (χ1v) is 4.97. The van der Waals surface area contributed by atoms with Gasteiger partial charge in [-0.1, -0.05) is 12.1 Å². The van der Waals surface area contributed by atoms with Crippen molar-refractivity contribution in [2.24, 2.45) is 0 Å². The Bertz CT molecular complexity index is 474. The summed E-state index contributed by atoms with van der Waals surface area (Å²) in [6.07, 6.45) is 0. The van der Waals surface area contributed by atoms with Gasteiger partial charge in [-0.3, -0.25) is 0 Å². The van der Waals surface area contributed by atoms with E-state index in [1.165, 1.54) is 6.07 Å². The van der Waals surface area contributed by atoms with Gasteiger partial charge in [0.2, 0.25) is 5.89 Å². The van der Waals surface area contributed by atoms with Crippen LogP contribution in [-0.2, 0) is 6.61 Å². The molecule has 0 aliphatic heterocycles. The highest BCUT2D eigenvalue weighted by Crippen LogP contribution is 2.17. The first-order valence-electron chi connectivity index (χ1n) is 4.97. The molecule has 0 fully saturated rings. The number of nitrogens with zero attached hydrogens (tertiary/aromatic N) is 1. The molecule has 1 aromatic carbocycles. The van der Waals surface area contributed by atoms with Crippen molar-refractivity contribution < 1.29 is 13.5 Å². The second-order valence-electron chi connectivity index (χ2n) is 3.47. The Hall–Kier alpha value is -1.84. The molecule has 16 heavy (non-hydrogen) atoms. The third kappa shape index (κ3) is 2.21. The Morgan fingerprint density at radius 2 is 2.06 bits per heavy atom. The molecule has 0 saturated heterocycles. The van der Waals surface area contributed by atoms with Gasteiger partial charge in [0.05, 0.1) is 5.69 Å². The number of halogens is 1. The molecule has 0 N–H and O–H groups in total. The van der Waals surface area contributed by atoms with Crippen LogP contribution in [0.3, 0.4) is 0 Å². The fourth-order valence-corrected chi connectivity index (χ4v) is 1.30. The van der Waals surface area contributed by atoms with Gasteiger partial charge >= 0.3 is 0 Å². The summed E-state index contributed by atoms with van der Waals surface area (Å²) in [5.74, 6) is 1.03. The predicted octanol–water partition coefficient (Wildman–Crippen LogP) is 3.01. The molecule has 2 rings (SSSR count). The van der Waals surface area contributed by atoms with E-state index in [0.717, 1.165) is 11.5 Å². The molecular weight excluding hydrogens is 209 g/mol. The molecule has 0 aliphatic rings. The standard InChI is InChI=1S/C12H12FNO2/c1-8-9(2)16-12(14-8)7-15-11-6-4-3-5-10(11)13/h3-6H,7H2,1-2H3. The largest absolute Gasteiger partial charge is 0.481 e. The Morgan fingerprint density at radius 3 is 2.69 bits per heavy atom. The smallest absolute Gasteiger partial charge is 0.232 e. The average Bonchev–Trinajstić information content (AvgIpc) is 2.57. The van der Waals surface area contributed by atoms with Crippen LogP contribution in [0, 0.1) is 19.7 Å². The number of hydrogen-bond acceptors (Lipinski definition) is 3. The molecule has 0 radical (unpaired) electrons. The lowest BCUT2D eigenvalue weighted by Crippen LogP contribution is -1.97. The number of rotatable bonds is 3. The number of ether oxygens (including phenoxy) is 1. The van der Waals surface area contributed by atoms with Gasteiger partial charge in [-0.15, -0.1) is 0 Å². The highest BCUT2D eigenvalue weighted by atomic mass is 19.1. The third-order valence-electron chi connectivity index (χ3n) is 2.26. The number of benzene rings is 1. The van der Waals surface area contributed by atoms with Crippen molar-refractivity contribution in [3.63, 3.8) is 0 Å². The molecular formula is C12H12FNO2. The summed E-state index contributed by atoms with van der Waals surface area (Å²) in [4.78, 5) is 4.14. The van der Waals surface area contributed by atoms with Crippen LogP contribution < -0.4 is 4.74 Å². The van der Waals surface area contributed by atoms with Crippen molar-refractivity contribution in [2.45, 2.75) is 20.5 Å². The molecule has 0 amide bonds. The van der Waals surface area contributed by atoms with Gasteiger partial charge in [0.15, 0.2) is 18.2 Å². The zero-order valence-corrected chi connectivity index (χ0v) is 9.16. The summed E-state index contributed by atoms with van der Waals surface area (Å²) in [5, 5.41) is 0. The first-order chi connectivity index (χ1) is 7.66. The molecule has 0 atom stereocenters. The maximum Gasteiger partial charge on any atom is 0.232 e. The molecule has 2 aromatic rings. The van der Waals surface area contributed by atoms with Crippen molar-refractivity contribution in [3.8, 4) is 5.75 Å². The lowest BCUT2D eigenvalue weighted by molar-refractivity contribution is 0.250. The molecule has 0 saturated carbocycles. The summed E-state index contributed by atoms with van der Waals surface area (Å²) in [6.45, 7) is 3.82. The van der Waals surface area contributed by atoms with Crippen LogP contribution in [0.5, 0.6) is 5.75 Å². The van der Waals surface area contributed by atoms with Crippen LogP contribution >= 0.6 is 0 Å². The van der Waals surface area contributed by atoms with E-state index >= 15 is 0 Å². The van der Waals surface area contributed by atoms with E-state index < -0.39 is 0 Å². The van der Waals surface area contributed by atoms with Gasteiger partial charge in [0, 0.05) is 0 Å². The van der Waals surface area contributed by atoms with Crippen LogP contribution in [-0.4, -0.2) is 4.98 Å². The minimum atomic E-state index is -0.387. The van der Waals surface area contributed by atoms with Crippen molar-refractivity contribution in [1.29, 1.82) is 0 Å². The summed E-state index contributed by atoms with van der Waals surface area (Å²) in [5.41, 5.74) is 0.826. The van der Waals surface area contributed by atoms with Crippen LogP contribution in [0.1, 0.15) is 17.3 Å². The molecule has 0 spiro atoms. The molecule has 0 aliphatic carbocycles. The van der Waals surface area contributed by atoms with Crippen LogP contribution in [0.15, 0.2) is 28.7 Å².